The van der Waals surface area contributed by atoms with E-state index in [-0.39, 0.29) is 5.78 Å². The average Bonchev–Trinajstić information content (AvgIpc) is 2.31. The van der Waals surface area contributed by atoms with Gasteiger partial charge in [-0.1, -0.05) is 47.0 Å². The van der Waals surface area contributed by atoms with Gasteiger partial charge in [0.1, 0.15) is 0 Å². The Balaban J connectivity index is 2.26. The van der Waals surface area contributed by atoms with Crippen molar-refractivity contribution in [3.8, 4) is 0 Å². The highest BCUT2D eigenvalue weighted by Gasteiger charge is 2.16. The lowest BCUT2D eigenvalue weighted by molar-refractivity contribution is 0.102. The van der Waals surface area contributed by atoms with Crippen LogP contribution in [0, 0.1) is 6.92 Å². The van der Waals surface area contributed by atoms with Gasteiger partial charge in [0.05, 0.1) is 0 Å². The second-order valence-electron chi connectivity index (χ2n) is 4.92. The molecule has 0 bridgehead atoms. The molecule has 2 heteroatoms. The van der Waals surface area contributed by atoms with E-state index >= 15 is 0 Å². The van der Waals surface area contributed by atoms with Crippen molar-refractivity contribution in [1.82, 2.24) is 0 Å². The van der Waals surface area contributed by atoms with E-state index in [1.165, 1.54) is 19.3 Å². The maximum Gasteiger partial charge on any atom is 0.188 e. The van der Waals surface area contributed by atoms with Crippen LogP contribution in [-0.4, -0.2) is 5.78 Å². The first-order chi connectivity index (χ1) is 8.70. The van der Waals surface area contributed by atoms with Crippen LogP contribution >= 0.6 is 15.9 Å². The van der Waals surface area contributed by atoms with Crippen LogP contribution in [-0.2, 0) is 0 Å². The molecule has 0 amide bonds. The van der Waals surface area contributed by atoms with Crippen LogP contribution in [0.2, 0.25) is 0 Å². The van der Waals surface area contributed by atoms with Gasteiger partial charge in [-0.15, -0.1) is 0 Å². The zero-order chi connectivity index (χ0) is 13.0. The van der Waals surface area contributed by atoms with E-state index in [9.17, 15) is 4.79 Å². The van der Waals surface area contributed by atoms with Crippen LogP contribution in [0.25, 0.3) is 0 Å². The largest absolute Gasteiger partial charge is 0.289 e. The minimum atomic E-state index is 0.218. The summed E-state index contributed by atoms with van der Waals surface area (Å²) in [7, 11) is 0. The van der Waals surface area contributed by atoms with Gasteiger partial charge >= 0.3 is 0 Å². The highest BCUT2D eigenvalue weighted by atomic mass is 79.9. The highest BCUT2D eigenvalue weighted by Crippen LogP contribution is 2.25. The smallest absolute Gasteiger partial charge is 0.188 e. The van der Waals surface area contributed by atoms with E-state index in [4.69, 9.17) is 0 Å². The van der Waals surface area contributed by atoms with Crippen LogP contribution in [0.5, 0.6) is 0 Å². The first-order valence-electron chi connectivity index (χ1n) is 6.69. The van der Waals surface area contributed by atoms with Crippen molar-refractivity contribution in [1.29, 1.82) is 0 Å². The zero-order valence-electron chi connectivity index (χ0n) is 10.8. The van der Waals surface area contributed by atoms with E-state index in [1.54, 1.807) is 0 Å². The third kappa shape index (κ3) is 3.11. The van der Waals surface area contributed by atoms with Crippen LogP contribution in [0.4, 0.5) is 0 Å². The minimum absolute atomic E-state index is 0.218. The molecule has 1 aliphatic rings. The van der Waals surface area contributed by atoms with Crippen LogP contribution < -0.4 is 0 Å². The fourth-order valence-electron chi connectivity index (χ4n) is 2.42. The summed E-state index contributed by atoms with van der Waals surface area (Å²) in [5.74, 6) is 0.218. The van der Waals surface area contributed by atoms with E-state index in [2.05, 4.69) is 22.0 Å². The first-order valence-corrected chi connectivity index (χ1v) is 7.48. The van der Waals surface area contributed by atoms with Gasteiger partial charge in [-0.05, 0) is 49.8 Å². The molecular weight excluding hydrogens is 288 g/mol. The molecule has 0 aliphatic heterocycles. The third-order valence-electron chi connectivity index (χ3n) is 3.59. The average molecular weight is 307 g/mol. The van der Waals surface area contributed by atoms with Gasteiger partial charge in [0.2, 0.25) is 0 Å². The first kappa shape index (κ1) is 13.5. The Kier molecular flexibility index (Phi) is 4.76. The number of carbonyl (C=O) groups is 1. The van der Waals surface area contributed by atoms with Gasteiger partial charge in [0, 0.05) is 10.0 Å². The second kappa shape index (κ2) is 6.33. The molecule has 1 aromatic rings. The zero-order valence-corrected chi connectivity index (χ0v) is 12.4. The molecule has 0 atom stereocenters. The van der Waals surface area contributed by atoms with Crippen molar-refractivity contribution >= 4 is 21.7 Å². The number of allylic oxidation sites excluding steroid dienone is 2. The summed E-state index contributed by atoms with van der Waals surface area (Å²) in [5.41, 5.74) is 2.90. The molecule has 0 saturated carbocycles. The van der Waals surface area contributed by atoms with Crippen molar-refractivity contribution in [2.45, 2.75) is 45.4 Å². The normalized spacial score (nSPS) is 19.6. The van der Waals surface area contributed by atoms with Crippen LogP contribution in [0.3, 0.4) is 0 Å². The monoisotopic (exact) mass is 306 g/mol. The molecule has 1 aromatic carbocycles. The number of ketones is 1. The van der Waals surface area contributed by atoms with E-state index in [0.29, 0.717) is 0 Å². The molecule has 1 nitrogen and oxygen atoms in total. The number of hydrogen-bond donors (Lipinski definition) is 0. The molecule has 0 heterocycles. The topological polar surface area (TPSA) is 17.1 Å². The van der Waals surface area contributed by atoms with E-state index < -0.39 is 0 Å². The lowest BCUT2D eigenvalue weighted by atomic mass is 9.92. The van der Waals surface area contributed by atoms with E-state index in [1.807, 2.05) is 25.1 Å². The molecule has 0 aromatic heterocycles. The van der Waals surface area contributed by atoms with Crippen LogP contribution in [0.1, 0.15) is 54.4 Å². The second-order valence-corrected chi connectivity index (χ2v) is 5.78. The van der Waals surface area contributed by atoms with Gasteiger partial charge in [-0.2, -0.15) is 0 Å². The summed E-state index contributed by atoms with van der Waals surface area (Å²) in [6, 6.07) is 5.86. The Morgan fingerprint density at radius 1 is 1.17 bits per heavy atom. The molecule has 96 valence electrons. The summed E-state index contributed by atoms with van der Waals surface area (Å²) in [5, 5.41) is 0. The van der Waals surface area contributed by atoms with Gasteiger partial charge in [0.15, 0.2) is 5.78 Å². The van der Waals surface area contributed by atoms with Crippen molar-refractivity contribution in [3.63, 3.8) is 0 Å². The molecule has 0 radical (unpaired) electrons. The Labute approximate surface area is 117 Å². The fourth-order valence-corrected chi connectivity index (χ4v) is 2.79. The summed E-state index contributed by atoms with van der Waals surface area (Å²) in [6.45, 7) is 2.00. The standard InChI is InChI=1S/C16H19BrO/c1-12-14(10-7-11-15(12)17)16(18)13-8-5-3-2-4-6-9-13/h7-8,10-11H,2-6,9H2,1H3/b13-8+. The number of benzene rings is 1. The molecule has 18 heavy (non-hydrogen) atoms. The molecule has 2 rings (SSSR count). The molecule has 0 spiro atoms. The van der Waals surface area contributed by atoms with Gasteiger partial charge in [0.25, 0.3) is 0 Å². The predicted octanol–water partition coefficient (Wildman–Crippen LogP) is 5.22. The molecule has 0 N–H and O–H groups in total. The summed E-state index contributed by atoms with van der Waals surface area (Å²) >= 11 is 3.49. The van der Waals surface area contributed by atoms with Crippen molar-refractivity contribution in [2.24, 2.45) is 0 Å². The maximum absolute atomic E-state index is 12.5. The van der Waals surface area contributed by atoms with Gasteiger partial charge in [-0.3, -0.25) is 4.79 Å². The number of rotatable bonds is 2. The van der Waals surface area contributed by atoms with Crippen LogP contribution in [0.15, 0.2) is 34.3 Å². The lowest BCUT2D eigenvalue weighted by Gasteiger charge is -2.12. The quantitative estimate of drug-likeness (QED) is 0.685. The van der Waals surface area contributed by atoms with Gasteiger partial charge < -0.3 is 0 Å². The Bertz CT molecular complexity index is 474. The SMILES string of the molecule is Cc1c(Br)cccc1C(=O)/C1=C/CCCCCC1. The molecule has 0 unspecified atom stereocenters. The summed E-state index contributed by atoms with van der Waals surface area (Å²) < 4.78 is 1.01. The highest BCUT2D eigenvalue weighted by molar-refractivity contribution is 9.10. The van der Waals surface area contributed by atoms with Gasteiger partial charge in [-0.25, -0.2) is 0 Å². The van der Waals surface area contributed by atoms with Crippen molar-refractivity contribution < 1.29 is 4.79 Å². The van der Waals surface area contributed by atoms with E-state index in [0.717, 1.165) is 40.4 Å². The number of halogens is 1. The fraction of sp³-hybridized carbons (Fsp3) is 0.438. The van der Waals surface area contributed by atoms with Crippen molar-refractivity contribution in [2.75, 3.05) is 0 Å². The number of hydrogen-bond acceptors (Lipinski definition) is 1. The minimum Gasteiger partial charge on any atom is -0.289 e. The summed E-state index contributed by atoms with van der Waals surface area (Å²) in [4.78, 5) is 12.5. The molecule has 0 fully saturated rings. The number of Topliss-reactive ketones (excluding diaryl/α,β-unsaturated/α-hetero) is 1. The third-order valence-corrected chi connectivity index (χ3v) is 4.45. The lowest BCUT2D eigenvalue weighted by Crippen LogP contribution is -2.07. The van der Waals surface area contributed by atoms with Crippen molar-refractivity contribution in [3.05, 3.63) is 45.4 Å². The Morgan fingerprint density at radius 3 is 2.78 bits per heavy atom. The Hall–Kier alpha value is -0.890. The number of carbonyl (C=O) groups excluding carboxylic acids is 1. The Morgan fingerprint density at radius 2 is 1.94 bits per heavy atom. The molecule has 1 aliphatic carbocycles. The maximum atomic E-state index is 12.5. The predicted molar refractivity (Wildman–Crippen MR) is 79.0 cm³/mol. The molecular formula is C16H19BrO. The summed E-state index contributed by atoms with van der Waals surface area (Å²) in [6.07, 6.45) is 9.05. The molecule has 0 saturated heterocycles.